The smallest absolute Gasteiger partial charge is 0.232 e. The molecule has 1 amide bonds. The fraction of sp³-hybridized carbons (Fsp3) is 0.938. The number of nitrogens with one attached hydrogen (secondary N) is 1. The molecule has 2 aliphatic heterocycles. The number of nitrogens with zero attached hydrogens (tertiary/aromatic N) is 2. The van der Waals surface area contributed by atoms with Gasteiger partial charge in [0.15, 0.2) is 0 Å². The van der Waals surface area contributed by atoms with Crippen LogP contribution in [0, 0.1) is 0 Å². The van der Waals surface area contributed by atoms with Crippen LogP contribution in [0.15, 0.2) is 0 Å². The Balaban J connectivity index is 0.00000242. The first-order valence-electron chi connectivity index (χ1n) is 8.45. The second-order valence-electron chi connectivity index (χ2n) is 6.35. The molecule has 1 N–H and O–H groups in total. The minimum Gasteiger partial charge on any atom is -0.342 e. The molecule has 2 heterocycles. The topological polar surface area (TPSA) is 35.6 Å². The van der Waals surface area contributed by atoms with Crippen molar-refractivity contribution in [3.05, 3.63) is 0 Å². The second kappa shape index (κ2) is 11.8. The normalized spacial score (nSPS) is 25.7. The summed E-state index contributed by atoms with van der Waals surface area (Å²) >= 11 is 1.78. The largest absolute Gasteiger partial charge is 0.342 e. The summed E-state index contributed by atoms with van der Waals surface area (Å²) in [5.41, 5.74) is 0. The molecule has 0 saturated carbocycles. The number of hydrogen-bond acceptors (Lipinski definition) is 4. The number of piperidine rings is 1. The van der Waals surface area contributed by atoms with E-state index < -0.39 is 0 Å². The fourth-order valence-electron chi connectivity index (χ4n) is 3.54. The molecular formula is C16H33Cl2N3OS. The van der Waals surface area contributed by atoms with E-state index >= 15 is 0 Å². The van der Waals surface area contributed by atoms with Gasteiger partial charge < -0.3 is 15.1 Å². The van der Waals surface area contributed by atoms with Crippen LogP contribution < -0.4 is 5.32 Å². The average molecular weight is 386 g/mol. The zero-order chi connectivity index (χ0) is 15.2. The zero-order valence-electron chi connectivity index (χ0n) is 14.6. The summed E-state index contributed by atoms with van der Waals surface area (Å²) in [6.45, 7) is 7.68. The summed E-state index contributed by atoms with van der Waals surface area (Å²) in [5.74, 6) is 2.00. The molecule has 2 aliphatic rings. The molecule has 2 atom stereocenters. The van der Waals surface area contributed by atoms with E-state index in [1.54, 1.807) is 11.8 Å². The van der Waals surface area contributed by atoms with E-state index in [0.29, 0.717) is 29.8 Å². The number of amides is 1. The van der Waals surface area contributed by atoms with Crippen LogP contribution in [-0.2, 0) is 4.79 Å². The van der Waals surface area contributed by atoms with Gasteiger partial charge in [-0.05, 0) is 38.8 Å². The molecule has 0 radical (unpaired) electrons. The van der Waals surface area contributed by atoms with Crippen LogP contribution in [0.4, 0.5) is 0 Å². The highest BCUT2D eigenvalue weighted by atomic mass is 35.5. The van der Waals surface area contributed by atoms with Crippen LogP contribution in [0.1, 0.15) is 39.5 Å². The molecule has 2 fully saturated rings. The number of carbonyl (C=O) groups excluding carboxylic acids is 1. The Bertz CT molecular complexity index is 333. The van der Waals surface area contributed by atoms with Crippen molar-refractivity contribution in [2.45, 2.75) is 57.7 Å². The van der Waals surface area contributed by atoms with Crippen LogP contribution in [0.5, 0.6) is 0 Å². The summed E-state index contributed by atoms with van der Waals surface area (Å²) < 4.78 is 0. The zero-order valence-corrected chi connectivity index (χ0v) is 17.1. The number of fused-ring (bicyclic) bond motifs is 2. The van der Waals surface area contributed by atoms with Crippen LogP contribution in [0.3, 0.4) is 0 Å². The first-order chi connectivity index (χ1) is 10.1. The SMILES string of the molecule is CCN(CC)CCSCC(=O)N(C)C1CC2CCC(C1)N2.Cl.Cl. The summed E-state index contributed by atoms with van der Waals surface area (Å²) in [6.07, 6.45) is 4.87. The molecular weight excluding hydrogens is 353 g/mol. The van der Waals surface area contributed by atoms with Gasteiger partial charge in [0.25, 0.3) is 0 Å². The third kappa shape index (κ3) is 6.99. The van der Waals surface area contributed by atoms with Crippen molar-refractivity contribution in [1.82, 2.24) is 15.1 Å². The Labute approximate surface area is 158 Å². The summed E-state index contributed by atoms with van der Waals surface area (Å²) in [7, 11) is 2.00. The van der Waals surface area contributed by atoms with Crippen molar-refractivity contribution in [3.8, 4) is 0 Å². The summed E-state index contributed by atoms with van der Waals surface area (Å²) in [5, 5.41) is 3.64. The molecule has 2 saturated heterocycles. The van der Waals surface area contributed by atoms with Gasteiger partial charge in [-0.25, -0.2) is 0 Å². The number of hydrogen-bond donors (Lipinski definition) is 1. The molecule has 0 aromatic rings. The fourth-order valence-corrected chi connectivity index (χ4v) is 4.45. The van der Waals surface area contributed by atoms with E-state index in [9.17, 15) is 4.79 Å². The van der Waals surface area contributed by atoms with Gasteiger partial charge in [-0.1, -0.05) is 13.8 Å². The van der Waals surface area contributed by atoms with Gasteiger partial charge in [-0.3, -0.25) is 4.79 Å². The van der Waals surface area contributed by atoms with Crippen molar-refractivity contribution in [2.75, 3.05) is 38.2 Å². The van der Waals surface area contributed by atoms with E-state index in [-0.39, 0.29) is 24.8 Å². The number of halogens is 2. The lowest BCUT2D eigenvalue weighted by Gasteiger charge is -2.35. The molecule has 2 bridgehead atoms. The predicted molar refractivity (Wildman–Crippen MR) is 105 cm³/mol. The molecule has 7 heteroatoms. The van der Waals surface area contributed by atoms with Gasteiger partial charge in [0.05, 0.1) is 5.75 Å². The second-order valence-corrected chi connectivity index (χ2v) is 7.45. The van der Waals surface area contributed by atoms with Gasteiger partial charge in [0.1, 0.15) is 0 Å². The van der Waals surface area contributed by atoms with E-state index in [2.05, 4.69) is 24.1 Å². The Morgan fingerprint density at radius 2 is 1.70 bits per heavy atom. The monoisotopic (exact) mass is 385 g/mol. The third-order valence-corrected chi connectivity index (χ3v) is 5.98. The molecule has 4 nitrogen and oxygen atoms in total. The van der Waals surface area contributed by atoms with E-state index in [0.717, 1.165) is 38.2 Å². The summed E-state index contributed by atoms with van der Waals surface area (Å²) in [4.78, 5) is 16.8. The minimum atomic E-state index is 0. The number of carbonyl (C=O) groups is 1. The van der Waals surface area contributed by atoms with Crippen molar-refractivity contribution < 1.29 is 4.79 Å². The van der Waals surface area contributed by atoms with Crippen molar-refractivity contribution in [1.29, 1.82) is 0 Å². The first-order valence-corrected chi connectivity index (χ1v) is 9.61. The Morgan fingerprint density at radius 1 is 1.13 bits per heavy atom. The Hall–Kier alpha value is 0.320. The average Bonchev–Trinajstić information content (AvgIpc) is 2.84. The van der Waals surface area contributed by atoms with E-state index in [1.807, 2.05) is 11.9 Å². The highest BCUT2D eigenvalue weighted by molar-refractivity contribution is 7.99. The molecule has 0 aromatic heterocycles. The van der Waals surface area contributed by atoms with Gasteiger partial charge in [0, 0.05) is 37.5 Å². The molecule has 2 rings (SSSR count). The molecule has 0 aliphatic carbocycles. The highest BCUT2D eigenvalue weighted by Crippen LogP contribution is 2.29. The Kier molecular flexibility index (Phi) is 12.0. The van der Waals surface area contributed by atoms with Gasteiger partial charge >= 0.3 is 0 Å². The molecule has 0 aromatic carbocycles. The molecule has 0 spiro atoms. The minimum absolute atomic E-state index is 0. The Morgan fingerprint density at radius 3 is 2.22 bits per heavy atom. The van der Waals surface area contributed by atoms with Crippen molar-refractivity contribution >= 4 is 42.5 Å². The van der Waals surface area contributed by atoms with Gasteiger partial charge in [-0.15, -0.1) is 24.8 Å². The summed E-state index contributed by atoms with van der Waals surface area (Å²) in [6, 6.07) is 1.76. The highest BCUT2D eigenvalue weighted by Gasteiger charge is 2.36. The molecule has 23 heavy (non-hydrogen) atoms. The van der Waals surface area contributed by atoms with E-state index in [4.69, 9.17) is 0 Å². The number of rotatable bonds is 8. The predicted octanol–water partition coefficient (Wildman–Crippen LogP) is 2.65. The molecule has 138 valence electrons. The first kappa shape index (κ1) is 23.3. The van der Waals surface area contributed by atoms with Crippen molar-refractivity contribution in [3.63, 3.8) is 0 Å². The lowest BCUT2D eigenvalue weighted by atomic mass is 9.98. The standard InChI is InChI=1S/C16H31N3OS.2ClH/c1-4-19(5-2)8-9-21-12-16(20)18(3)15-10-13-6-7-14(11-15)17-13;;/h13-15,17H,4-12H2,1-3H3;2*1H. The maximum Gasteiger partial charge on any atom is 0.232 e. The van der Waals surface area contributed by atoms with Gasteiger partial charge in [0.2, 0.25) is 5.91 Å². The maximum atomic E-state index is 12.3. The van der Waals surface area contributed by atoms with Crippen LogP contribution in [-0.4, -0.2) is 72.0 Å². The van der Waals surface area contributed by atoms with Crippen molar-refractivity contribution in [2.24, 2.45) is 0 Å². The lowest BCUT2D eigenvalue weighted by Crippen LogP contribution is -2.49. The van der Waals surface area contributed by atoms with Crippen LogP contribution >= 0.6 is 36.6 Å². The maximum absolute atomic E-state index is 12.3. The van der Waals surface area contributed by atoms with Crippen LogP contribution in [0.25, 0.3) is 0 Å². The van der Waals surface area contributed by atoms with Crippen LogP contribution in [0.2, 0.25) is 0 Å². The molecule has 2 unspecified atom stereocenters. The third-order valence-electron chi connectivity index (χ3n) is 5.06. The van der Waals surface area contributed by atoms with E-state index in [1.165, 1.54) is 12.8 Å². The van der Waals surface area contributed by atoms with Gasteiger partial charge in [-0.2, -0.15) is 11.8 Å². The lowest BCUT2D eigenvalue weighted by molar-refractivity contribution is -0.129. The number of thioether (sulfide) groups is 1. The quantitative estimate of drug-likeness (QED) is 0.651.